The van der Waals surface area contributed by atoms with Gasteiger partial charge in [-0.3, -0.25) is 0 Å². The Balaban J connectivity index is 2.06. The quantitative estimate of drug-likeness (QED) is 0.892. The summed E-state index contributed by atoms with van der Waals surface area (Å²) in [6.07, 6.45) is 0. The minimum atomic E-state index is 0.467. The third-order valence-electron chi connectivity index (χ3n) is 3.36. The van der Waals surface area contributed by atoms with Crippen LogP contribution in [-0.2, 0) is 13.2 Å². The van der Waals surface area contributed by atoms with E-state index in [9.17, 15) is 0 Å². The number of ether oxygens (including phenoxy) is 1. The molecule has 1 aromatic carbocycles. The van der Waals surface area contributed by atoms with Crippen molar-refractivity contribution in [2.75, 3.05) is 7.05 Å². The molecule has 19 heavy (non-hydrogen) atoms. The molecule has 0 unspecified atom stereocenters. The van der Waals surface area contributed by atoms with E-state index in [2.05, 4.69) is 31.3 Å². The molecule has 0 radical (unpaired) electrons. The minimum absolute atomic E-state index is 0.467. The molecule has 0 bridgehead atoms. The number of furan rings is 1. The second-order valence-corrected chi connectivity index (χ2v) is 4.81. The summed E-state index contributed by atoms with van der Waals surface area (Å²) in [6.45, 7) is 7.43. The molecular weight excluding hydrogens is 238 g/mol. The SMILES string of the molecule is CNCc1cc(COc2cccc(C)c2C)oc1C. The smallest absolute Gasteiger partial charge is 0.146 e. The van der Waals surface area contributed by atoms with Gasteiger partial charge in [0, 0.05) is 12.1 Å². The molecule has 3 heteroatoms. The van der Waals surface area contributed by atoms with Crippen LogP contribution in [0.25, 0.3) is 0 Å². The van der Waals surface area contributed by atoms with Crippen LogP contribution in [0.1, 0.15) is 28.2 Å². The molecule has 3 nitrogen and oxygen atoms in total. The first-order valence-corrected chi connectivity index (χ1v) is 6.53. The third-order valence-corrected chi connectivity index (χ3v) is 3.36. The Kier molecular flexibility index (Phi) is 4.27. The highest BCUT2D eigenvalue weighted by atomic mass is 16.5. The van der Waals surface area contributed by atoms with Crippen molar-refractivity contribution in [3.63, 3.8) is 0 Å². The maximum Gasteiger partial charge on any atom is 0.146 e. The van der Waals surface area contributed by atoms with Gasteiger partial charge in [0.05, 0.1) is 0 Å². The number of aryl methyl sites for hydroxylation is 2. The highest BCUT2D eigenvalue weighted by Gasteiger charge is 2.08. The summed E-state index contributed by atoms with van der Waals surface area (Å²) < 4.78 is 11.5. The van der Waals surface area contributed by atoms with E-state index in [-0.39, 0.29) is 0 Å². The molecule has 1 N–H and O–H groups in total. The number of nitrogens with one attached hydrogen (secondary N) is 1. The zero-order valence-corrected chi connectivity index (χ0v) is 12.0. The van der Waals surface area contributed by atoms with E-state index in [1.165, 1.54) is 16.7 Å². The molecule has 1 heterocycles. The van der Waals surface area contributed by atoms with E-state index in [1.807, 2.05) is 26.1 Å². The van der Waals surface area contributed by atoms with Crippen molar-refractivity contribution in [3.8, 4) is 5.75 Å². The van der Waals surface area contributed by atoms with E-state index in [0.717, 1.165) is 23.8 Å². The topological polar surface area (TPSA) is 34.4 Å². The molecule has 0 fully saturated rings. The van der Waals surface area contributed by atoms with Crippen molar-refractivity contribution in [3.05, 3.63) is 52.5 Å². The van der Waals surface area contributed by atoms with Crippen molar-refractivity contribution < 1.29 is 9.15 Å². The largest absolute Gasteiger partial charge is 0.485 e. The summed E-state index contributed by atoms with van der Waals surface area (Å²) >= 11 is 0. The van der Waals surface area contributed by atoms with Gasteiger partial charge in [0.2, 0.25) is 0 Å². The summed E-state index contributed by atoms with van der Waals surface area (Å²) in [5, 5.41) is 3.13. The van der Waals surface area contributed by atoms with E-state index < -0.39 is 0 Å². The fraction of sp³-hybridized carbons (Fsp3) is 0.375. The van der Waals surface area contributed by atoms with Crippen LogP contribution in [-0.4, -0.2) is 7.05 Å². The number of hydrogen-bond donors (Lipinski definition) is 1. The Bertz CT molecular complexity index is 558. The van der Waals surface area contributed by atoms with Gasteiger partial charge in [-0.2, -0.15) is 0 Å². The summed E-state index contributed by atoms with van der Waals surface area (Å²) in [7, 11) is 1.93. The monoisotopic (exact) mass is 259 g/mol. The summed E-state index contributed by atoms with van der Waals surface area (Å²) in [6, 6.07) is 8.14. The summed E-state index contributed by atoms with van der Waals surface area (Å²) in [4.78, 5) is 0. The van der Waals surface area contributed by atoms with Gasteiger partial charge in [-0.1, -0.05) is 12.1 Å². The third kappa shape index (κ3) is 3.18. The summed E-state index contributed by atoms with van der Waals surface area (Å²) in [5.74, 6) is 2.74. The molecule has 102 valence electrons. The van der Waals surface area contributed by atoms with Gasteiger partial charge in [-0.05, 0) is 51.1 Å². The predicted molar refractivity (Wildman–Crippen MR) is 76.5 cm³/mol. The van der Waals surface area contributed by atoms with Gasteiger partial charge in [0.25, 0.3) is 0 Å². The second-order valence-electron chi connectivity index (χ2n) is 4.81. The molecule has 2 rings (SSSR count). The molecule has 0 aliphatic carbocycles. The van der Waals surface area contributed by atoms with Crippen molar-refractivity contribution in [2.24, 2.45) is 0 Å². The van der Waals surface area contributed by atoms with Crippen LogP contribution in [0.3, 0.4) is 0 Å². The van der Waals surface area contributed by atoms with E-state index in [1.54, 1.807) is 0 Å². The summed E-state index contributed by atoms with van der Waals surface area (Å²) in [5.41, 5.74) is 3.60. The fourth-order valence-corrected chi connectivity index (χ4v) is 2.05. The number of hydrogen-bond acceptors (Lipinski definition) is 3. The lowest BCUT2D eigenvalue weighted by Crippen LogP contribution is -2.04. The molecule has 0 aliphatic rings. The number of benzene rings is 1. The average Bonchev–Trinajstić information content (AvgIpc) is 2.73. The Morgan fingerprint density at radius 2 is 2.00 bits per heavy atom. The van der Waals surface area contributed by atoms with Crippen LogP contribution >= 0.6 is 0 Å². The Hall–Kier alpha value is -1.74. The standard InChI is InChI=1S/C16H21NO2/c1-11-6-5-7-16(12(11)2)18-10-15-8-14(9-17-4)13(3)19-15/h5-8,17H,9-10H2,1-4H3. The number of rotatable bonds is 5. The van der Waals surface area contributed by atoms with Gasteiger partial charge in [0.1, 0.15) is 23.9 Å². The van der Waals surface area contributed by atoms with Crippen molar-refractivity contribution in [1.29, 1.82) is 0 Å². The lowest BCUT2D eigenvalue weighted by molar-refractivity contribution is 0.266. The molecule has 0 saturated carbocycles. The molecule has 0 atom stereocenters. The molecule has 1 aromatic heterocycles. The molecule has 0 amide bonds. The zero-order valence-electron chi connectivity index (χ0n) is 12.0. The normalized spacial score (nSPS) is 10.7. The van der Waals surface area contributed by atoms with Crippen LogP contribution in [0, 0.1) is 20.8 Å². The zero-order chi connectivity index (χ0) is 13.8. The first kappa shape index (κ1) is 13.7. The predicted octanol–water partition coefficient (Wildman–Crippen LogP) is 3.50. The van der Waals surface area contributed by atoms with Crippen LogP contribution in [0.4, 0.5) is 0 Å². The van der Waals surface area contributed by atoms with Crippen molar-refractivity contribution in [2.45, 2.75) is 33.9 Å². The van der Waals surface area contributed by atoms with Gasteiger partial charge in [0.15, 0.2) is 0 Å². The highest BCUT2D eigenvalue weighted by molar-refractivity contribution is 5.38. The Morgan fingerprint density at radius 3 is 2.74 bits per heavy atom. The van der Waals surface area contributed by atoms with E-state index in [4.69, 9.17) is 9.15 Å². The minimum Gasteiger partial charge on any atom is -0.485 e. The van der Waals surface area contributed by atoms with Gasteiger partial charge in [-0.15, -0.1) is 0 Å². The van der Waals surface area contributed by atoms with Crippen LogP contribution in [0.2, 0.25) is 0 Å². The first-order chi connectivity index (χ1) is 9.11. The van der Waals surface area contributed by atoms with E-state index in [0.29, 0.717) is 6.61 Å². The van der Waals surface area contributed by atoms with Crippen LogP contribution < -0.4 is 10.1 Å². The Labute approximate surface area is 114 Å². The molecule has 0 spiro atoms. The van der Waals surface area contributed by atoms with Crippen LogP contribution in [0.5, 0.6) is 5.75 Å². The second kappa shape index (κ2) is 5.93. The Morgan fingerprint density at radius 1 is 1.21 bits per heavy atom. The van der Waals surface area contributed by atoms with Gasteiger partial charge in [-0.25, -0.2) is 0 Å². The molecule has 0 saturated heterocycles. The highest BCUT2D eigenvalue weighted by Crippen LogP contribution is 2.22. The lowest BCUT2D eigenvalue weighted by atomic mass is 10.1. The molecule has 2 aromatic rings. The lowest BCUT2D eigenvalue weighted by Gasteiger charge is -2.09. The maximum atomic E-state index is 5.84. The van der Waals surface area contributed by atoms with Crippen molar-refractivity contribution >= 4 is 0 Å². The average molecular weight is 259 g/mol. The molecular formula is C16H21NO2. The molecule has 0 aliphatic heterocycles. The van der Waals surface area contributed by atoms with Gasteiger partial charge < -0.3 is 14.5 Å². The van der Waals surface area contributed by atoms with E-state index >= 15 is 0 Å². The maximum absolute atomic E-state index is 5.84. The fourth-order valence-electron chi connectivity index (χ4n) is 2.05. The first-order valence-electron chi connectivity index (χ1n) is 6.53. The van der Waals surface area contributed by atoms with Crippen LogP contribution in [0.15, 0.2) is 28.7 Å². The van der Waals surface area contributed by atoms with Crippen molar-refractivity contribution in [1.82, 2.24) is 5.32 Å². The van der Waals surface area contributed by atoms with Gasteiger partial charge >= 0.3 is 0 Å².